The Balaban J connectivity index is 1.59. The summed E-state index contributed by atoms with van der Waals surface area (Å²) in [5.41, 5.74) is 3.25. The molecule has 0 saturated heterocycles. The molecule has 0 bridgehead atoms. The van der Waals surface area contributed by atoms with Gasteiger partial charge >= 0.3 is 0 Å². The molecule has 6 heteroatoms. The molecule has 28 heavy (non-hydrogen) atoms. The van der Waals surface area contributed by atoms with Crippen LogP contribution < -0.4 is 5.32 Å². The molecule has 0 spiro atoms. The van der Waals surface area contributed by atoms with E-state index in [0.717, 1.165) is 11.1 Å². The van der Waals surface area contributed by atoms with Gasteiger partial charge in [-0.1, -0.05) is 35.9 Å². The van der Waals surface area contributed by atoms with E-state index in [0.29, 0.717) is 23.0 Å². The molecule has 0 saturated carbocycles. The van der Waals surface area contributed by atoms with Crippen LogP contribution in [0.3, 0.4) is 0 Å². The van der Waals surface area contributed by atoms with E-state index in [1.807, 2.05) is 61.5 Å². The molecule has 0 radical (unpaired) electrons. The van der Waals surface area contributed by atoms with E-state index in [1.165, 1.54) is 4.90 Å². The van der Waals surface area contributed by atoms with Crippen molar-refractivity contribution in [1.82, 2.24) is 9.88 Å². The number of nitrogens with zero attached hydrogens (tertiary/aromatic N) is 2. The van der Waals surface area contributed by atoms with E-state index in [-0.39, 0.29) is 24.8 Å². The molecule has 0 fully saturated rings. The van der Waals surface area contributed by atoms with Crippen molar-refractivity contribution in [2.45, 2.75) is 20.3 Å². The third-order valence-corrected chi connectivity index (χ3v) is 4.37. The molecule has 3 rings (SSSR count). The van der Waals surface area contributed by atoms with Crippen molar-refractivity contribution in [2.75, 3.05) is 18.9 Å². The third kappa shape index (κ3) is 4.85. The van der Waals surface area contributed by atoms with Crippen LogP contribution in [-0.4, -0.2) is 35.3 Å². The summed E-state index contributed by atoms with van der Waals surface area (Å²) in [6.07, 6.45) is 0.0798. The van der Waals surface area contributed by atoms with Crippen LogP contribution in [0, 0.1) is 13.8 Å². The second-order valence-corrected chi connectivity index (χ2v) is 6.73. The van der Waals surface area contributed by atoms with Crippen molar-refractivity contribution in [3.05, 3.63) is 71.6 Å². The zero-order valence-electron chi connectivity index (χ0n) is 16.2. The maximum atomic E-state index is 12.5. The lowest BCUT2D eigenvalue weighted by Gasteiger charge is -2.16. The van der Waals surface area contributed by atoms with Crippen LogP contribution in [0.25, 0.3) is 11.5 Å². The van der Waals surface area contributed by atoms with Crippen molar-refractivity contribution < 1.29 is 14.0 Å². The van der Waals surface area contributed by atoms with Gasteiger partial charge in [-0.3, -0.25) is 9.59 Å². The molecule has 1 N–H and O–H groups in total. The Labute approximate surface area is 164 Å². The smallest absolute Gasteiger partial charge is 0.243 e. The summed E-state index contributed by atoms with van der Waals surface area (Å²) in [6.45, 7) is 3.73. The quantitative estimate of drug-likeness (QED) is 0.712. The summed E-state index contributed by atoms with van der Waals surface area (Å²) in [4.78, 5) is 30.5. The number of oxazole rings is 1. The van der Waals surface area contributed by atoms with Gasteiger partial charge in [0.05, 0.1) is 18.7 Å². The fourth-order valence-electron chi connectivity index (χ4n) is 2.72. The van der Waals surface area contributed by atoms with Gasteiger partial charge in [0.25, 0.3) is 0 Å². The second kappa shape index (κ2) is 8.52. The predicted molar refractivity (Wildman–Crippen MR) is 108 cm³/mol. The fourth-order valence-corrected chi connectivity index (χ4v) is 2.72. The zero-order valence-corrected chi connectivity index (χ0v) is 16.2. The maximum absolute atomic E-state index is 12.5. The molecular formula is C22H23N3O3. The Morgan fingerprint density at radius 2 is 1.71 bits per heavy atom. The van der Waals surface area contributed by atoms with Gasteiger partial charge < -0.3 is 14.6 Å². The first kappa shape index (κ1) is 19.4. The molecule has 1 aromatic heterocycles. The molecule has 0 aliphatic carbocycles. The number of carbonyl (C=O) groups excluding carboxylic acids is 2. The van der Waals surface area contributed by atoms with Crippen molar-refractivity contribution in [2.24, 2.45) is 0 Å². The van der Waals surface area contributed by atoms with E-state index in [2.05, 4.69) is 10.3 Å². The van der Waals surface area contributed by atoms with Crippen LogP contribution in [0.2, 0.25) is 0 Å². The largest absolute Gasteiger partial charge is 0.441 e. The van der Waals surface area contributed by atoms with Gasteiger partial charge in [-0.15, -0.1) is 0 Å². The predicted octanol–water partition coefficient (Wildman–Crippen LogP) is 3.60. The van der Waals surface area contributed by atoms with Gasteiger partial charge in [-0.2, -0.15) is 0 Å². The Bertz CT molecular complexity index is 962. The molecule has 1 heterocycles. The number of likely N-dealkylation sites (N-methyl/N-ethyl adjacent to an activating group) is 1. The summed E-state index contributed by atoms with van der Waals surface area (Å²) in [6, 6.07) is 17.0. The Morgan fingerprint density at radius 3 is 2.39 bits per heavy atom. The highest BCUT2D eigenvalue weighted by Gasteiger charge is 2.18. The molecule has 0 atom stereocenters. The molecule has 144 valence electrons. The van der Waals surface area contributed by atoms with Crippen LogP contribution in [0.1, 0.15) is 17.0 Å². The summed E-state index contributed by atoms with van der Waals surface area (Å²) >= 11 is 0. The minimum Gasteiger partial charge on any atom is -0.441 e. The van der Waals surface area contributed by atoms with Crippen molar-refractivity contribution >= 4 is 17.5 Å². The molecule has 0 aliphatic rings. The van der Waals surface area contributed by atoms with Gasteiger partial charge in [0.1, 0.15) is 5.76 Å². The number of carbonyl (C=O) groups is 2. The average Bonchev–Trinajstić information content (AvgIpc) is 3.04. The van der Waals surface area contributed by atoms with E-state index in [1.54, 1.807) is 14.0 Å². The summed E-state index contributed by atoms with van der Waals surface area (Å²) < 4.78 is 5.69. The highest BCUT2D eigenvalue weighted by atomic mass is 16.4. The number of aryl methyl sites for hydroxylation is 2. The van der Waals surface area contributed by atoms with Gasteiger partial charge in [0.2, 0.25) is 17.7 Å². The zero-order chi connectivity index (χ0) is 20.1. The number of anilines is 1. The van der Waals surface area contributed by atoms with Crippen LogP contribution in [-0.2, 0) is 16.0 Å². The van der Waals surface area contributed by atoms with Crippen LogP contribution in [0.15, 0.2) is 59.0 Å². The monoisotopic (exact) mass is 377 g/mol. The summed E-state index contributed by atoms with van der Waals surface area (Å²) in [5, 5.41) is 2.79. The highest BCUT2D eigenvalue weighted by molar-refractivity contribution is 5.94. The molecule has 3 aromatic rings. The topological polar surface area (TPSA) is 75.4 Å². The number of hydrogen-bond donors (Lipinski definition) is 1. The number of hydrogen-bond acceptors (Lipinski definition) is 4. The van der Waals surface area contributed by atoms with Gasteiger partial charge in [0.15, 0.2) is 0 Å². The lowest BCUT2D eigenvalue weighted by Crippen LogP contribution is -2.36. The third-order valence-electron chi connectivity index (χ3n) is 4.37. The SMILES string of the molecule is Cc1ccc(NC(=O)CN(C)C(=O)Cc2nc(-c3ccccc3)oc2C)cc1. The lowest BCUT2D eigenvalue weighted by atomic mass is 10.2. The van der Waals surface area contributed by atoms with Gasteiger partial charge in [0, 0.05) is 18.3 Å². The summed E-state index contributed by atoms with van der Waals surface area (Å²) in [7, 11) is 1.60. The summed E-state index contributed by atoms with van der Waals surface area (Å²) in [5.74, 6) is 0.641. The number of rotatable bonds is 6. The first-order valence-corrected chi connectivity index (χ1v) is 9.04. The van der Waals surface area contributed by atoms with E-state index >= 15 is 0 Å². The van der Waals surface area contributed by atoms with Crippen molar-refractivity contribution in [3.63, 3.8) is 0 Å². The van der Waals surface area contributed by atoms with E-state index in [9.17, 15) is 9.59 Å². The van der Waals surface area contributed by atoms with Crippen LogP contribution in [0.4, 0.5) is 5.69 Å². The second-order valence-electron chi connectivity index (χ2n) is 6.73. The Kier molecular flexibility index (Phi) is 5.89. The van der Waals surface area contributed by atoms with Crippen LogP contribution >= 0.6 is 0 Å². The van der Waals surface area contributed by atoms with Gasteiger partial charge in [-0.05, 0) is 38.1 Å². The molecule has 2 amide bonds. The van der Waals surface area contributed by atoms with Crippen LogP contribution in [0.5, 0.6) is 0 Å². The van der Waals surface area contributed by atoms with Crippen molar-refractivity contribution in [3.8, 4) is 11.5 Å². The standard InChI is InChI=1S/C22H23N3O3/c1-15-9-11-18(12-10-15)23-20(26)14-25(3)21(27)13-19-16(2)28-22(24-19)17-7-5-4-6-8-17/h4-12H,13-14H2,1-3H3,(H,23,26). The number of amides is 2. The van der Waals surface area contributed by atoms with E-state index in [4.69, 9.17) is 4.42 Å². The minimum atomic E-state index is -0.249. The molecular weight excluding hydrogens is 354 g/mol. The number of benzene rings is 2. The average molecular weight is 377 g/mol. The fraction of sp³-hybridized carbons (Fsp3) is 0.227. The Hall–Kier alpha value is -3.41. The lowest BCUT2D eigenvalue weighted by molar-refractivity contribution is -0.132. The van der Waals surface area contributed by atoms with Crippen molar-refractivity contribution in [1.29, 1.82) is 0 Å². The maximum Gasteiger partial charge on any atom is 0.243 e. The Morgan fingerprint density at radius 1 is 1.04 bits per heavy atom. The first-order chi connectivity index (χ1) is 13.4. The first-order valence-electron chi connectivity index (χ1n) is 9.04. The molecule has 2 aromatic carbocycles. The minimum absolute atomic E-state index is 0.0326. The number of aromatic nitrogens is 1. The molecule has 0 aliphatic heterocycles. The van der Waals surface area contributed by atoms with Gasteiger partial charge in [-0.25, -0.2) is 4.98 Å². The molecule has 0 unspecified atom stereocenters. The van der Waals surface area contributed by atoms with E-state index < -0.39 is 0 Å². The highest BCUT2D eigenvalue weighted by Crippen LogP contribution is 2.21. The normalized spacial score (nSPS) is 10.5. The molecule has 6 nitrogen and oxygen atoms in total. The number of nitrogens with one attached hydrogen (secondary N) is 1.